The van der Waals surface area contributed by atoms with E-state index in [-0.39, 0.29) is 11.9 Å². The molecule has 1 aliphatic rings. The molecule has 126 valence electrons. The number of hydrogen-bond donors (Lipinski definition) is 2. The van der Waals surface area contributed by atoms with Crippen molar-refractivity contribution in [3.63, 3.8) is 0 Å². The van der Waals surface area contributed by atoms with E-state index in [1.807, 2.05) is 31.2 Å². The third-order valence-corrected chi connectivity index (χ3v) is 4.31. The van der Waals surface area contributed by atoms with Gasteiger partial charge in [-0.25, -0.2) is 4.99 Å². The zero-order chi connectivity index (χ0) is 16.7. The quantitative estimate of drug-likeness (QED) is 0.648. The maximum absolute atomic E-state index is 12.0. The highest BCUT2D eigenvalue weighted by molar-refractivity contribution is 5.94. The summed E-state index contributed by atoms with van der Waals surface area (Å²) in [5, 5.41) is 2.97. The molecule has 0 aliphatic carbocycles. The van der Waals surface area contributed by atoms with E-state index in [9.17, 15) is 4.79 Å². The summed E-state index contributed by atoms with van der Waals surface area (Å²) in [5.41, 5.74) is 7.80. The first-order chi connectivity index (χ1) is 11.1. The average Bonchev–Trinajstić information content (AvgIpc) is 2.60. The van der Waals surface area contributed by atoms with E-state index in [1.165, 1.54) is 19.3 Å². The van der Waals surface area contributed by atoms with Crippen LogP contribution in [0.15, 0.2) is 29.3 Å². The monoisotopic (exact) mass is 316 g/mol. The fourth-order valence-electron chi connectivity index (χ4n) is 2.57. The SMILES string of the molecule is CCC(C)NC(=O)c1ccc(CN=C(N)N2CCCCC2)cc1. The lowest BCUT2D eigenvalue weighted by Crippen LogP contribution is -2.40. The fourth-order valence-corrected chi connectivity index (χ4v) is 2.57. The van der Waals surface area contributed by atoms with E-state index in [0.717, 1.165) is 25.1 Å². The summed E-state index contributed by atoms with van der Waals surface area (Å²) in [6.07, 6.45) is 4.59. The van der Waals surface area contributed by atoms with Gasteiger partial charge in [-0.15, -0.1) is 0 Å². The molecule has 1 unspecified atom stereocenters. The van der Waals surface area contributed by atoms with Crippen molar-refractivity contribution in [3.8, 4) is 0 Å². The van der Waals surface area contributed by atoms with E-state index in [4.69, 9.17) is 5.73 Å². The first kappa shape index (κ1) is 17.3. The summed E-state index contributed by atoms with van der Waals surface area (Å²) in [5.74, 6) is 0.602. The van der Waals surface area contributed by atoms with Crippen LogP contribution >= 0.6 is 0 Å². The summed E-state index contributed by atoms with van der Waals surface area (Å²) in [6.45, 7) is 6.62. The fraction of sp³-hybridized carbons (Fsp3) is 0.556. The van der Waals surface area contributed by atoms with Gasteiger partial charge < -0.3 is 16.0 Å². The van der Waals surface area contributed by atoms with Crippen LogP contribution in [0.1, 0.15) is 55.5 Å². The van der Waals surface area contributed by atoms with Gasteiger partial charge in [-0.1, -0.05) is 19.1 Å². The van der Waals surface area contributed by atoms with Crippen molar-refractivity contribution >= 4 is 11.9 Å². The lowest BCUT2D eigenvalue weighted by molar-refractivity contribution is 0.0939. The molecule has 1 atom stereocenters. The van der Waals surface area contributed by atoms with Crippen LogP contribution in [0.5, 0.6) is 0 Å². The van der Waals surface area contributed by atoms with Crippen LogP contribution < -0.4 is 11.1 Å². The Morgan fingerprint density at radius 3 is 2.52 bits per heavy atom. The molecule has 0 spiro atoms. The zero-order valence-electron chi connectivity index (χ0n) is 14.2. The number of carbonyl (C=O) groups excluding carboxylic acids is 1. The van der Waals surface area contributed by atoms with Gasteiger partial charge >= 0.3 is 0 Å². The maximum Gasteiger partial charge on any atom is 0.251 e. The van der Waals surface area contributed by atoms with E-state index >= 15 is 0 Å². The topological polar surface area (TPSA) is 70.7 Å². The highest BCUT2D eigenvalue weighted by Gasteiger charge is 2.12. The number of amides is 1. The molecule has 2 rings (SSSR count). The number of guanidine groups is 1. The molecule has 1 heterocycles. The normalized spacial score (nSPS) is 17.0. The van der Waals surface area contributed by atoms with Crippen molar-refractivity contribution in [1.82, 2.24) is 10.2 Å². The number of carbonyl (C=O) groups is 1. The predicted molar refractivity (Wildman–Crippen MR) is 94.4 cm³/mol. The second kappa shape index (κ2) is 8.56. The van der Waals surface area contributed by atoms with Crippen molar-refractivity contribution in [2.45, 2.75) is 52.1 Å². The number of aliphatic imine (C=N–C) groups is 1. The lowest BCUT2D eigenvalue weighted by Gasteiger charge is -2.27. The first-order valence-corrected chi connectivity index (χ1v) is 8.54. The van der Waals surface area contributed by atoms with Crippen molar-refractivity contribution in [1.29, 1.82) is 0 Å². The Kier molecular flexibility index (Phi) is 6.44. The van der Waals surface area contributed by atoms with Crippen LogP contribution in [0.25, 0.3) is 0 Å². The van der Waals surface area contributed by atoms with Gasteiger partial charge in [-0.05, 0) is 50.3 Å². The van der Waals surface area contributed by atoms with Gasteiger partial charge in [0.1, 0.15) is 0 Å². The third kappa shape index (κ3) is 5.27. The van der Waals surface area contributed by atoms with Crippen LogP contribution in [-0.4, -0.2) is 35.9 Å². The van der Waals surface area contributed by atoms with E-state index in [0.29, 0.717) is 18.1 Å². The van der Waals surface area contributed by atoms with Gasteiger partial charge in [0.25, 0.3) is 5.91 Å². The van der Waals surface area contributed by atoms with Gasteiger partial charge in [0.15, 0.2) is 5.96 Å². The summed E-state index contributed by atoms with van der Waals surface area (Å²) >= 11 is 0. The molecule has 1 aromatic carbocycles. The van der Waals surface area contributed by atoms with Gasteiger partial charge in [0.05, 0.1) is 6.54 Å². The molecular weight excluding hydrogens is 288 g/mol. The van der Waals surface area contributed by atoms with Crippen LogP contribution in [0.2, 0.25) is 0 Å². The minimum atomic E-state index is -0.0257. The Balaban J connectivity index is 1.90. The summed E-state index contributed by atoms with van der Waals surface area (Å²) in [7, 11) is 0. The number of nitrogens with zero attached hydrogens (tertiary/aromatic N) is 2. The number of likely N-dealkylation sites (tertiary alicyclic amines) is 1. The molecule has 3 N–H and O–H groups in total. The van der Waals surface area contributed by atoms with E-state index < -0.39 is 0 Å². The number of nitrogens with two attached hydrogens (primary N) is 1. The number of rotatable bonds is 5. The average molecular weight is 316 g/mol. The molecule has 5 nitrogen and oxygen atoms in total. The Morgan fingerprint density at radius 2 is 1.91 bits per heavy atom. The zero-order valence-corrected chi connectivity index (χ0v) is 14.2. The maximum atomic E-state index is 12.0. The molecule has 1 aromatic rings. The first-order valence-electron chi connectivity index (χ1n) is 8.54. The largest absolute Gasteiger partial charge is 0.370 e. The van der Waals surface area contributed by atoms with Crippen LogP contribution in [0.4, 0.5) is 0 Å². The minimum absolute atomic E-state index is 0.0257. The van der Waals surface area contributed by atoms with Crippen molar-refractivity contribution in [3.05, 3.63) is 35.4 Å². The third-order valence-electron chi connectivity index (χ3n) is 4.31. The van der Waals surface area contributed by atoms with E-state index in [1.54, 1.807) is 0 Å². The summed E-state index contributed by atoms with van der Waals surface area (Å²) in [4.78, 5) is 18.7. The van der Waals surface area contributed by atoms with Crippen LogP contribution in [-0.2, 0) is 6.54 Å². The number of piperidine rings is 1. The molecule has 1 fully saturated rings. The molecule has 0 bridgehead atoms. The van der Waals surface area contributed by atoms with Gasteiger partial charge in [0.2, 0.25) is 0 Å². The highest BCUT2D eigenvalue weighted by Crippen LogP contribution is 2.10. The molecule has 5 heteroatoms. The second-order valence-corrected chi connectivity index (χ2v) is 6.20. The van der Waals surface area contributed by atoms with Gasteiger partial charge in [-0.2, -0.15) is 0 Å². The van der Waals surface area contributed by atoms with Crippen LogP contribution in [0.3, 0.4) is 0 Å². The molecule has 1 aliphatic heterocycles. The second-order valence-electron chi connectivity index (χ2n) is 6.20. The Bertz CT molecular complexity index is 532. The number of hydrogen-bond acceptors (Lipinski definition) is 2. The smallest absolute Gasteiger partial charge is 0.251 e. The van der Waals surface area contributed by atoms with E-state index in [2.05, 4.69) is 22.1 Å². The Hall–Kier alpha value is -2.04. The molecule has 1 saturated heterocycles. The number of nitrogens with one attached hydrogen (secondary N) is 1. The Morgan fingerprint density at radius 1 is 1.26 bits per heavy atom. The van der Waals surface area contributed by atoms with Crippen molar-refractivity contribution in [2.75, 3.05) is 13.1 Å². The minimum Gasteiger partial charge on any atom is -0.370 e. The molecule has 0 saturated carbocycles. The lowest BCUT2D eigenvalue weighted by atomic mass is 10.1. The molecule has 0 radical (unpaired) electrons. The summed E-state index contributed by atoms with van der Waals surface area (Å²) in [6, 6.07) is 7.77. The van der Waals surface area contributed by atoms with Crippen molar-refractivity contribution in [2.24, 2.45) is 10.7 Å². The molecule has 0 aromatic heterocycles. The Labute approximate surface area is 139 Å². The molecule has 23 heavy (non-hydrogen) atoms. The highest BCUT2D eigenvalue weighted by atomic mass is 16.1. The number of benzene rings is 1. The van der Waals surface area contributed by atoms with Gasteiger partial charge in [-0.3, -0.25) is 4.79 Å². The standard InChI is InChI=1S/C18H28N4O/c1-3-14(2)21-17(23)16-9-7-15(8-10-16)13-20-18(19)22-11-5-4-6-12-22/h7-10,14H,3-6,11-13H2,1-2H3,(H2,19,20)(H,21,23). The molecule has 1 amide bonds. The predicted octanol–water partition coefficient (Wildman–Crippen LogP) is 2.52. The van der Waals surface area contributed by atoms with Crippen LogP contribution in [0, 0.1) is 0 Å². The molecular formula is C18H28N4O. The van der Waals surface area contributed by atoms with Gasteiger partial charge in [0, 0.05) is 24.7 Å². The summed E-state index contributed by atoms with van der Waals surface area (Å²) < 4.78 is 0. The van der Waals surface area contributed by atoms with Crippen molar-refractivity contribution < 1.29 is 4.79 Å².